The van der Waals surface area contributed by atoms with Crippen LogP contribution >= 0.6 is 0 Å². The number of rotatable bonds is 8. The molecule has 0 amide bonds. The summed E-state index contributed by atoms with van der Waals surface area (Å²) in [7, 11) is 4.12. The van der Waals surface area contributed by atoms with Crippen molar-refractivity contribution >= 4 is 0 Å². The fraction of sp³-hybridized carbons (Fsp3) is 1.00. The molecule has 0 aromatic heterocycles. The Morgan fingerprint density at radius 3 is 2.29 bits per heavy atom. The van der Waals surface area contributed by atoms with Crippen LogP contribution in [-0.2, 0) is 0 Å². The van der Waals surface area contributed by atoms with Crippen molar-refractivity contribution in [2.45, 2.75) is 64.5 Å². The lowest BCUT2D eigenvalue weighted by Gasteiger charge is -2.29. The minimum absolute atomic E-state index is 0.349. The molecule has 2 atom stereocenters. The molecule has 0 heterocycles. The molecule has 0 rings (SSSR count). The maximum atomic E-state index is 3.45. The maximum Gasteiger partial charge on any atom is 0.0150 e. The van der Waals surface area contributed by atoms with Gasteiger partial charge in [0, 0.05) is 11.6 Å². The third kappa shape index (κ3) is 5.61. The monoisotopic (exact) mass is 200 g/mol. The van der Waals surface area contributed by atoms with Crippen LogP contribution in [0.4, 0.5) is 0 Å². The van der Waals surface area contributed by atoms with Gasteiger partial charge in [-0.3, -0.25) is 0 Å². The topological polar surface area (TPSA) is 24.1 Å². The van der Waals surface area contributed by atoms with Crippen molar-refractivity contribution in [1.29, 1.82) is 0 Å². The average Bonchev–Trinajstić information content (AvgIpc) is 2.18. The highest BCUT2D eigenvalue weighted by molar-refractivity contribution is 4.81. The molecule has 2 N–H and O–H groups in total. The van der Waals surface area contributed by atoms with E-state index in [-0.39, 0.29) is 0 Å². The van der Waals surface area contributed by atoms with E-state index in [9.17, 15) is 0 Å². The van der Waals surface area contributed by atoms with Crippen molar-refractivity contribution in [3.05, 3.63) is 0 Å². The average molecular weight is 200 g/mol. The molecule has 0 fully saturated rings. The van der Waals surface area contributed by atoms with Crippen LogP contribution in [0.15, 0.2) is 0 Å². The molecule has 2 nitrogen and oxygen atoms in total. The summed E-state index contributed by atoms with van der Waals surface area (Å²) in [4.78, 5) is 0. The van der Waals surface area contributed by atoms with Crippen molar-refractivity contribution in [2.75, 3.05) is 14.1 Å². The van der Waals surface area contributed by atoms with Gasteiger partial charge in [-0.15, -0.1) is 0 Å². The molecule has 0 aromatic rings. The SMILES string of the molecule is CCCC(C)(CCCC(C)NC)NC. The fourth-order valence-electron chi connectivity index (χ4n) is 1.87. The second-order valence-electron chi connectivity index (χ2n) is 4.64. The second kappa shape index (κ2) is 7.24. The predicted octanol–water partition coefficient (Wildman–Crippen LogP) is 2.54. The predicted molar refractivity (Wildman–Crippen MR) is 64.7 cm³/mol. The van der Waals surface area contributed by atoms with Crippen LogP contribution in [0.2, 0.25) is 0 Å². The largest absolute Gasteiger partial charge is 0.317 e. The molecule has 0 radical (unpaired) electrons. The highest BCUT2D eigenvalue weighted by Crippen LogP contribution is 2.19. The first-order valence-corrected chi connectivity index (χ1v) is 5.94. The first-order valence-electron chi connectivity index (χ1n) is 5.94. The molecule has 0 bridgehead atoms. The first-order chi connectivity index (χ1) is 6.58. The van der Waals surface area contributed by atoms with Crippen LogP contribution in [0.5, 0.6) is 0 Å². The summed E-state index contributed by atoms with van der Waals surface area (Å²) in [6.07, 6.45) is 6.40. The summed E-state index contributed by atoms with van der Waals surface area (Å²) in [6, 6.07) is 0.651. The zero-order chi connectivity index (χ0) is 11.0. The van der Waals surface area contributed by atoms with E-state index in [1.54, 1.807) is 0 Å². The number of hydrogen-bond acceptors (Lipinski definition) is 2. The zero-order valence-electron chi connectivity index (χ0n) is 10.6. The van der Waals surface area contributed by atoms with E-state index in [0.29, 0.717) is 11.6 Å². The van der Waals surface area contributed by atoms with E-state index in [1.165, 1.54) is 32.1 Å². The molecule has 2 heteroatoms. The second-order valence-corrected chi connectivity index (χ2v) is 4.64. The lowest BCUT2D eigenvalue weighted by atomic mass is 9.89. The van der Waals surface area contributed by atoms with E-state index in [0.717, 1.165) is 0 Å². The Labute approximate surface area is 89.9 Å². The lowest BCUT2D eigenvalue weighted by molar-refractivity contribution is 0.312. The highest BCUT2D eigenvalue weighted by atomic mass is 14.9. The fourth-order valence-corrected chi connectivity index (χ4v) is 1.87. The van der Waals surface area contributed by atoms with Crippen molar-refractivity contribution in [3.8, 4) is 0 Å². The summed E-state index contributed by atoms with van der Waals surface area (Å²) in [5.41, 5.74) is 0.349. The standard InChI is InChI=1S/C12H28N2/c1-6-9-12(3,14-5)10-7-8-11(2)13-4/h11,13-14H,6-10H2,1-5H3. The number of hydrogen-bond donors (Lipinski definition) is 2. The molecule has 0 spiro atoms. The normalized spacial score (nSPS) is 17.8. The minimum atomic E-state index is 0.349. The van der Waals surface area contributed by atoms with Crippen LogP contribution in [0, 0.1) is 0 Å². The van der Waals surface area contributed by atoms with E-state index >= 15 is 0 Å². The molecule has 14 heavy (non-hydrogen) atoms. The van der Waals surface area contributed by atoms with Gasteiger partial charge in [0.15, 0.2) is 0 Å². The van der Waals surface area contributed by atoms with Gasteiger partial charge in [-0.25, -0.2) is 0 Å². The van der Waals surface area contributed by atoms with Gasteiger partial charge in [-0.05, 0) is 47.2 Å². The van der Waals surface area contributed by atoms with Gasteiger partial charge in [-0.2, -0.15) is 0 Å². The third-order valence-electron chi connectivity index (χ3n) is 3.26. The summed E-state index contributed by atoms with van der Waals surface area (Å²) in [5, 5.41) is 6.73. The van der Waals surface area contributed by atoms with Crippen LogP contribution in [-0.4, -0.2) is 25.7 Å². The van der Waals surface area contributed by atoms with Crippen molar-refractivity contribution in [3.63, 3.8) is 0 Å². The van der Waals surface area contributed by atoms with Gasteiger partial charge < -0.3 is 10.6 Å². The molecule has 0 saturated heterocycles. The van der Waals surface area contributed by atoms with Crippen molar-refractivity contribution in [1.82, 2.24) is 10.6 Å². The van der Waals surface area contributed by atoms with Gasteiger partial charge in [-0.1, -0.05) is 19.8 Å². The summed E-state index contributed by atoms with van der Waals surface area (Å²) < 4.78 is 0. The third-order valence-corrected chi connectivity index (χ3v) is 3.26. The molecule has 0 aliphatic heterocycles. The zero-order valence-corrected chi connectivity index (χ0v) is 10.6. The summed E-state index contributed by atoms with van der Waals surface area (Å²) in [6.45, 7) is 6.84. The lowest BCUT2D eigenvalue weighted by Crippen LogP contribution is -2.39. The molecule has 86 valence electrons. The Hall–Kier alpha value is -0.0800. The Morgan fingerprint density at radius 1 is 1.21 bits per heavy atom. The molecular formula is C12H28N2. The van der Waals surface area contributed by atoms with Crippen molar-refractivity contribution in [2.24, 2.45) is 0 Å². The van der Waals surface area contributed by atoms with E-state index in [1.807, 2.05) is 7.05 Å². The highest BCUT2D eigenvalue weighted by Gasteiger charge is 2.19. The maximum absolute atomic E-state index is 3.45. The minimum Gasteiger partial charge on any atom is -0.317 e. The van der Waals surface area contributed by atoms with Gasteiger partial charge in [0.2, 0.25) is 0 Å². The summed E-state index contributed by atoms with van der Waals surface area (Å²) in [5.74, 6) is 0. The number of nitrogens with one attached hydrogen (secondary N) is 2. The molecule has 2 unspecified atom stereocenters. The van der Waals surface area contributed by atoms with Crippen LogP contribution in [0.25, 0.3) is 0 Å². The Balaban J connectivity index is 3.72. The Bertz CT molecular complexity index is 136. The van der Waals surface area contributed by atoms with E-state index in [2.05, 4.69) is 38.5 Å². The van der Waals surface area contributed by atoms with Crippen LogP contribution < -0.4 is 10.6 Å². The van der Waals surface area contributed by atoms with Crippen LogP contribution in [0.3, 0.4) is 0 Å². The molecule has 0 saturated carbocycles. The van der Waals surface area contributed by atoms with Crippen molar-refractivity contribution < 1.29 is 0 Å². The van der Waals surface area contributed by atoms with Gasteiger partial charge in [0.1, 0.15) is 0 Å². The Morgan fingerprint density at radius 2 is 1.86 bits per heavy atom. The molecular weight excluding hydrogens is 172 g/mol. The molecule has 0 aliphatic rings. The van der Waals surface area contributed by atoms with Gasteiger partial charge in [0.25, 0.3) is 0 Å². The first kappa shape index (κ1) is 13.9. The quantitative estimate of drug-likeness (QED) is 0.629. The summed E-state index contributed by atoms with van der Waals surface area (Å²) >= 11 is 0. The Kier molecular flexibility index (Phi) is 7.20. The smallest absolute Gasteiger partial charge is 0.0150 e. The molecule has 0 aliphatic carbocycles. The van der Waals surface area contributed by atoms with Crippen LogP contribution in [0.1, 0.15) is 52.9 Å². The van der Waals surface area contributed by atoms with Gasteiger partial charge in [0.05, 0.1) is 0 Å². The van der Waals surface area contributed by atoms with E-state index in [4.69, 9.17) is 0 Å². The van der Waals surface area contributed by atoms with Gasteiger partial charge >= 0.3 is 0 Å². The molecule has 0 aromatic carbocycles. The van der Waals surface area contributed by atoms with E-state index < -0.39 is 0 Å².